The Balaban J connectivity index is 2.47. The summed E-state index contributed by atoms with van der Waals surface area (Å²) in [6, 6.07) is 11.1. The maximum atomic E-state index is 9.97. The minimum atomic E-state index is 0.111. The van der Waals surface area contributed by atoms with Gasteiger partial charge < -0.3 is 19.3 Å². The van der Waals surface area contributed by atoms with Crippen LogP contribution in [0.2, 0.25) is 0 Å². The molecule has 4 nitrogen and oxygen atoms in total. The van der Waals surface area contributed by atoms with Crippen LogP contribution in [0.5, 0.6) is 23.0 Å². The monoisotopic (exact) mass is 300 g/mol. The minimum Gasteiger partial charge on any atom is -0.504 e. The SMILES string of the molecule is CC=C(c1ccc(OC)c(O)c1)c1ccc(OC)c(OC)c1. The van der Waals surface area contributed by atoms with E-state index in [0.717, 1.165) is 16.7 Å². The second-order valence-corrected chi connectivity index (χ2v) is 4.66. The summed E-state index contributed by atoms with van der Waals surface area (Å²) in [5.41, 5.74) is 2.86. The molecule has 0 aromatic heterocycles. The van der Waals surface area contributed by atoms with Gasteiger partial charge in [-0.2, -0.15) is 0 Å². The van der Waals surface area contributed by atoms with Crippen LogP contribution >= 0.6 is 0 Å². The highest BCUT2D eigenvalue weighted by molar-refractivity contribution is 5.81. The molecule has 4 heteroatoms. The number of hydrogen-bond donors (Lipinski definition) is 1. The van der Waals surface area contributed by atoms with Crippen molar-refractivity contribution >= 4 is 5.57 Å². The average molecular weight is 300 g/mol. The van der Waals surface area contributed by atoms with Crippen molar-refractivity contribution in [2.24, 2.45) is 0 Å². The predicted octanol–water partition coefficient (Wildman–Crippen LogP) is 3.87. The lowest BCUT2D eigenvalue weighted by atomic mass is 9.97. The third-order valence-electron chi connectivity index (χ3n) is 3.47. The highest BCUT2D eigenvalue weighted by atomic mass is 16.5. The Morgan fingerprint density at radius 1 is 0.818 bits per heavy atom. The van der Waals surface area contributed by atoms with Gasteiger partial charge in [-0.25, -0.2) is 0 Å². The van der Waals surface area contributed by atoms with Crippen LogP contribution in [0, 0.1) is 0 Å². The number of rotatable bonds is 5. The van der Waals surface area contributed by atoms with Crippen LogP contribution in [0.4, 0.5) is 0 Å². The van der Waals surface area contributed by atoms with Crippen LogP contribution in [0.3, 0.4) is 0 Å². The van der Waals surface area contributed by atoms with Crippen LogP contribution in [-0.2, 0) is 0 Å². The molecule has 0 saturated carbocycles. The van der Waals surface area contributed by atoms with Gasteiger partial charge in [-0.05, 0) is 47.9 Å². The van der Waals surface area contributed by atoms with E-state index in [1.165, 1.54) is 7.11 Å². The average Bonchev–Trinajstić information content (AvgIpc) is 2.55. The highest BCUT2D eigenvalue weighted by Gasteiger charge is 2.11. The number of methoxy groups -OCH3 is 3. The lowest BCUT2D eigenvalue weighted by Crippen LogP contribution is -1.94. The summed E-state index contributed by atoms with van der Waals surface area (Å²) in [7, 11) is 4.74. The number of aromatic hydroxyl groups is 1. The summed E-state index contributed by atoms with van der Waals surface area (Å²) < 4.78 is 15.7. The van der Waals surface area contributed by atoms with E-state index < -0.39 is 0 Å². The summed E-state index contributed by atoms with van der Waals surface area (Å²) in [5.74, 6) is 1.91. The van der Waals surface area contributed by atoms with E-state index >= 15 is 0 Å². The molecule has 0 amide bonds. The normalized spacial score (nSPS) is 11.2. The molecule has 0 spiro atoms. The zero-order chi connectivity index (χ0) is 16.1. The summed E-state index contributed by atoms with van der Waals surface area (Å²) in [4.78, 5) is 0. The van der Waals surface area contributed by atoms with E-state index in [2.05, 4.69) is 0 Å². The van der Waals surface area contributed by atoms with Crippen LogP contribution in [0.15, 0.2) is 42.5 Å². The molecule has 2 aromatic carbocycles. The molecule has 2 rings (SSSR count). The maximum absolute atomic E-state index is 9.97. The van der Waals surface area contributed by atoms with E-state index in [-0.39, 0.29) is 5.75 Å². The number of hydrogen-bond acceptors (Lipinski definition) is 4. The van der Waals surface area contributed by atoms with Crippen LogP contribution in [0.1, 0.15) is 18.1 Å². The second kappa shape index (κ2) is 6.89. The molecule has 2 aromatic rings. The van der Waals surface area contributed by atoms with Gasteiger partial charge in [-0.1, -0.05) is 18.2 Å². The Morgan fingerprint density at radius 3 is 1.86 bits per heavy atom. The summed E-state index contributed by atoms with van der Waals surface area (Å²) in [6.45, 7) is 1.95. The van der Waals surface area contributed by atoms with E-state index in [9.17, 15) is 5.11 Å². The van der Waals surface area contributed by atoms with Gasteiger partial charge in [0, 0.05) is 0 Å². The summed E-state index contributed by atoms with van der Waals surface area (Å²) in [6.07, 6.45) is 1.99. The Bertz CT molecular complexity index is 689. The van der Waals surface area contributed by atoms with Crippen molar-refractivity contribution in [3.8, 4) is 23.0 Å². The Morgan fingerprint density at radius 2 is 1.36 bits per heavy atom. The molecule has 22 heavy (non-hydrogen) atoms. The van der Waals surface area contributed by atoms with Gasteiger partial charge in [-0.15, -0.1) is 0 Å². The standard InChI is InChI=1S/C18H20O4/c1-5-14(12-6-8-16(20-2)15(19)10-12)13-7-9-17(21-3)18(11-13)22-4/h5-11,19H,1-4H3. The number of ether oxygens (including phenoxy) is 3. The first-order valence-electron chi connectivity index (χ1n) is 6.90. The van der Waals surface area contributed by atoms with Gasteiger partial charge in [0.1, 0.15) is 0 Å². The molecule has 0 radical (unpaired) electrons. The van der Waals surface area contributed by atoms with Crippen molar-refractivity contribution in [1.82, 2.24) is 0 Å². The molecule has 0 aliphatic rings. The molecule has 116 valence electrons. The molecule has 0 unspecified atom stereocenters. The first kappa shape index (κ1) is 15.8. The third-order valence-corrected chi connectivity index (χ3v) is 3.47. The lowest BCUT2D eigenvalue weighted by Gasteiger charge is -2.13. The van der Waals surface area contributed by atoms with Gasteiger partial charge in [0.05, 0.1) is 21.3 Å². The minimum absolute atomic E-state index is 0.111. The number of phenolic OH excluding ortho intramolecular Hbond substituents is 1. The van der Waals surface area contributed by atoms with Gasteiger partial charge in [0.25, 0.3) is 0 Å². The molecule has 0 heterocycles. The molecular formula is C18H20O4. The van der Waals surface area contributed by atoms with Gasteiger partial charge >= 0.3 is 0 Å². The van der Waals surface area contributed by atoms with Crippen molar-refractivity contribution in [3.05, 3.63) is 53.6 Å². The zero-order valence-corrected chi connectivity index (χ0v) is 13.2. The van der Waals surface area contributed by atoms with Crippen LogP contribution in [0.25, 0.3) is 5.57 Å². The smallest absolute Gasteiger partial charge is 0.161 e. The zero-order valence-electron chi connectivity index (χ0n) is 13.2. The Hall–Kier alpha value is -2.62. The summed E-state index contributed by atoms with van der Waals surface area (Å²) >= 11 is 0. The van der Waals surface area contributed by atoms with Crippen LogP contribution < -0.4 is 14.2 Å². The summed E-state index contributed by atoms with van der Waals surface area (Å²) in [5, 5.41) is 9.97. The lowest BCUT2D eigenvalue weighted by molar-refractivity contribution is 0.355. The topological polar surface area (TPSA) is 47.9 Å². The van der Waals surface area contributed by atoms with E-state index in [0.29, 0.717) is 17.2 Å². The largest absolute Gasteiger partial charge is 0.504 e. The highest BCUT2D eigenvalue weighted by Crippen LogP contribution is 2.35. The van der Waals surface area contributed by atoms with E-state index in [4.69, 9.17) is 14.2 Å². The molecule has 0 fully saturated rings. The third kappa shape index (κ3) is 3.01. The fourth-order valence-electron chi connectivity index (χ4n) is 2.36. The maximum Gasteiger partial charge on any atom is 0.161 e. The molecule has 0 saturated heterocycles. The van der Waals surface area contributed by atoms with Gasteiger partial charge in [-0.3, -0.25) is 0 Å². The molecular weight excluding hydrogens is 280 g/mol. The Labute approximate surface area is 130 Å². The first-order chi connectivity index (χ1) is 10.6. The Kier molecular flexibility index (Phi) is 4.94. The van der Waals surface area contributed by atoms with E-state index in [1.54, 1.807) is 26.4 Å². The fraction of sp³-hybridized carbons (Fsp3) is 0.222. The fourth-order valence-corrected chi connectivity index (χ4v) is 2.36. The van der Waals surface area contributed by atoms with Crippen molar-refractivity contribution in [3.63, 3.8) is 0 Å². The van der Waals surface area contributed by atoms with Gasteiger partial charge in [0.15, 0.2) is 23.0 Å². The van der Waals surface area contributed by atoms with Crippen molar-refractivity contribution in [2.75, 3.05) is 21.3 Å². The van der Waals surface area contributed by atoms with Crippen molar-refractivity contribution in [2.45, 2.75) is 6.92 Å². The molecule has 0 aliphatic carbocycles. The molecule has 0 aliphatic heterocycles. The number of phenols is 1. The number of allylic oxidation sites excluding steroid dienone is 1. The predicted molar refractivity (Wildman–Crippen MR) is 87.0 cm³/mol. The van der Waals surface area contributed by atoms with Gasteiger partial charge in [0.2, 0.25) is 0 Å². The first-order valence-corrected chi connectivity index (χ1v) is 6.90. The van der Waals surface area contributed by atoms with E-state index in [1.807, 2.05) is 37.3 Å². The quantitative estimate of drug-likeness (QED) is 0.910. The van der Waals surface area contributed by atoms with Crippen molar-refractivity contribution in [1.29, 1.82) is 0 Å². The van der Waals surface area contributed by atoms with Crippen molar-refractivity contribution < 1.29 is 19.3 Å². The number of benzene rings is 2. The van der Waals surface area contributed by atoms with Crippen LogP contribution in [-0.4, -0.2) is 26.4 Å². The second-order valence-electron chi connectivity index (χ2n) is 4.66. The molecule has 0 bridgehead atoms. The molecule has 0 atom stereocenters. The molecule has 1 N–H and O–H groups in total.